The monoisotopic (exact) mass is 539 g/mol. The predicted octanol–water partition coefficient (Wildman–Crippen LogP) is 5.90. The van der Waals surface area contributed by atoms with Gasteiger partial charge < -0.3 is 5.11 Å². The van der Waals surface area contributed by atoms with Crippen molar-refractivity contribution in [3.63, 3.8) is 0 Å². The summed E-state index contributed by atoms with van der Waals surface area (Å²) >= 11 is 0. The fourth-order valence-electron chi connectivity index (χ4n) is 5.20. The maximum Gasteiger partial charge on any atom is 0.413 e. The lowest BCUT2D eigenvalue weighted by Gasteiger charge is -2.19. The van der Waals surface area contributed by atoms with Crippen LogP contribution < -0.4 is 10.4 Å². The number of anilines is 2. The Bertz CT molecular complexity index is 1520. The minimum Gasteiger partial charge on any atom is -0.465 e. The summed E-state index contributed by atoms with van der Waals surface area (Å²) in [6.45, 7) is 4.82. The first kappa shape index (κ1) is 27.0. The summed E-state index contributed by atoms with van der Waals surface area (Å²) in [4.78, 5) is 23.6. The molecule has 0 bridgehead atoms. The van der Waals surface area contributed by atoms with Crippen molar-refractivity contribution in [1.82, 2.24) is 25.2 Å². The first-order valence-corrected chi connectivity index (χ1v) is 13.5. The smallest absolute Gasteiger partial charge is 0.413 e. The van der Waals surface area contributed by atoms with Gasteiger partial charge >= 0.3 is 6.09 Å². The predicted molar refractivity (Wildman–Crippen MR) is 154 cm³/mol. The van der Waals surface area contributed by atoms with Crippen molar-refractivity contribution >= 4 is 28.7 Å². The molecular weight excluding hydrogens is 506 g/mol. The topological polar surface area (TPSA) is 118 Å². The molecule has 2 aromatic heterocycles. The van der Waals surface area contributed by atoms with Gasteiger partial charge in [0.25, 0.3) is 0 Å². The van der Waals surface area contributed by atoms with Crippen LogP contribution in [0.1, 0.15) is 67.2 Å². The Morgan fingerprint density at radius 1 is 1.07 bits per heavy atom. The average molecular weight is 540 g/mol. The van der Waals surface area contributed by atoms with E-state index in [-0.39, 0.29) is 12.5 Å². The van der Waals surface area contributed by atoms with Gasteiger partial charge in [-0.3, -0.25) is 15.2 Å². The van der Waals surface area contributed by atoms with Gasteiger partial charge in [0.1, 0.15) is 12.4 Å². The molecule has 1 amide bonds. The van der Waals surface area contributed by atoms with E-state index < -0.39 is 6.09 Å². The Labute approximate surface area is 233 Å². The number of aromatic nitrogens is 5. The molecule has 10 nitrogen and oxygen atoms in total. The second-order valence-electron chi connectivity index (χ2n) is 9.79. The van der Waals surface area contributed by atoms with Crippen molar-refractivity contribution in [1.29, 1.82) is 0 Å². The lowest BCUT2D eigenvalue weighted by atomic mass is 9.92. The van der Waals surface area contributed by atoms with Crippen molar-refractivity contribution in [2.45, 2.75) is 45.6 Å². The van der Waals surface area contributed by atoms with Crippen LogP contribution in [0.25, 0.3) is 11.1 Å². The molecule has 0 fully saturated rings. The number of tetrazole rings is 1. The Morgan fingerprint density at radius 2 is 1.88 bits per heavy atom. The number of nitrogens with zero attached hydrogens (tertiary/aromatic N) is 6. The summed E-state index contributed by atoms with van der Waals surface area (Å²) in [6.07, 6.45) is 1.75. The fraction of sp³-hybridized carbons (Fsp3) is 0.300. The van der Waals surface area contributed by atoms with Crippen LogP contribution >= 0.6 is 0 Å². The summed E-state index contributed by atoms with van der Waals surface area (Å²) < 4.78 is 1.68. The highest BCUT2D eigenvalue weighted by Gasteiger charge is 2.34. The number of pyridine rings is 1. The third kappa shape index (κ3) is 5.43. The molecule has 4 aromatic rings. The summed E-state index contributed by atoms with van der Waals surface area (Å²) in [5.41, 5.74) is 9.88. The molecule has 0 saturated heterocycles. The minimum absolute atomic E-state index is 0.110. The van der Waals surface area contributed by atoms with Gasteiger partial charge in [-0.2, -0.15) is 0 Å². The van der Waals surface area contributed by atoms with Crippen LogP contribution in [0.5, 0.6) is 0 Å². The van der Waals surface area contributed by atoms with Gasteiger partial charge in [-0.15, -0.1) is 5.10 Å². The van der Waals surface area contributed by atoms with Crippen molar-refractivity contribution in [3.8, 4) is 0 Å². The van der Waals surface area contributed by atoms with E-state index in [1.54, 1.807) is 16.8 Å². The van der Waals surface area contributed by atoms with Gasteiger partial charge in [0.15, 0.2) is 5.82 Å². The molecule has 1 aliphatic rings. The SMILES string of the molecule is CCCCCN(C(=O)O)c1cccc(CONc2cccc3c2C(c2nnnn2C)=C(c2ccccc2)C3C)n1. The Kier molecular flexibility index (Phi) is 8.16. The van der Waals surface area contributed by atoms with Crippen molar-refractivity contribution in [2.75, 3.05) is 16.9 Å². The normalized spacial score (nSPS) is 14.3. The number of aryl methyl sites for hydroxylation is 1. The number of carbonyl (C=O) groups is 1. The van der Waals surface area contributed by atoms with Gasteiger partial charge in [-0.05, 0) is 51.7 Å². The van der Waals surface area contributed by atoms with E-state index in [4.69, 9.17) is 4.84 Å². The third-order valence-corrected chi connectivity index (χ3v) is 7.13. The quantitative estimate of drug-likeness (QED) is 0.179. The second-order valence-corrected chi connectivity index (χ2v) is 9.79. The number of rotatable bonds is 11. The maximum absolute atomic E-state index is 11.8. The maximum atomic E-state index is 11.8. The molecule has 1 unspecified atom stereocenters. The van der Waals surface area contributed by atoms with Gasteiger partial charge in [-0.25, -0.2) is 14.5 Å². The van der Waals surface area contributed by atoms with Gasteiger partial charge in [-0.1, -0.05) is 75.2 Å². The zero-order chi connectivity index (χ0) is 28.1. The molecule has 0 saturated carbocycles. The van der Waals surface area contributed by atoms with Crippen LogP contribution in [0.3, 0.4) is 0 Å². The van der Waals surface area contributed by atoms with E-state index in [0.717, 1.165) is 52.8 Å². The number of hydrogen-bond acceptors (Lipinski definition) is 7. The molecule has 0 radical (unpaired) electrons. The molecule has 0 aliphatic heterocycles. The number of unbranched alkanes of at least 4 members (excludes halogenated alkanes) is 2. The zero-order valence-electron chi connectivity index (χ0n) is 22.9. The van der Waals surface area contributed by atoms with Crippen molar-refractivity contribution in [2.24, 2.45) is 7.05 Å². The number of amides is 1. The average Bonchev–Trinajstić information content (AvgIpc) is 3.52. The van der Waals surface area contributed by atoms with Crippen molar-refractivity contribution in [3.05, 3.63) is 94.9 Å². The Morgan fingerprint density at radius 3 is 2.60 bits per heavy atom. The van der Waals surface area contributed by atoms with E-state index in [2.05, 4.69) is 58.0 Å². The lowest BCUT2D eigenvalue weighted by Crippen LogP contribution is -2.31. The molecule has 1 atom stereocenters. The molecule has 2 heterocycles. The number of nitrogens with one attached hydrogen (secondary N) is 1. The first-order chi connectivity index (χ1) is 19.5. The highest BCUT2D eigenvalue weighted by Crippen LogP contribution is 2.51. The van der Waals surface area contributed by atoms with Crippen LogP contribution in [-0.4, -0.2) is 42.9 Å². The molecule has 10 heteroatoms. The number of benzene rings is 2. The molecule has 5 rings (SSSR count). The highest BCUT2D eigenvalue weighted by molar-refractivity contribution is 6.07. The van der Waals surface area contributed by atoms with Gasteiger partial charge in [0.05, 0.1) is 11.4 Å². The lowest BCUT2D eigenvalue weighted by molar-refractivity contribution is 0.177. The molecule has 1 aliphatic carbocycles. The van der Waals surface area contributed by atoms with E-state index >= 15 is 0 Å². The van der Waals surface area contributed by atoms with E-state index in [9.17, 15) is 9.90 Å². The summed E-state index contributed by atoms with van der Waals surface area (Å²) in [5.74, 6) is 1.18. The van der Waals surface area contributed by atoms with E-state index in [1.807, 2.05) is 43.4 Å². The zero-order valence-corrected chi connectivity index (χ0v) is 22.9. The summed E-state index contributed by atoms with van der Waals surface area (Å²) in [6, 6.07) is 21.7. The molecule has 2 N–H and O–H groups in total. The standard InChI is InChI=1S/C30H33N7O3/c1-4-5-9-18-37(30(38)39)25-17-10-14-22(31-25)19-40-33-24-16-11-15-23-20(2)26(21-12-7-6-8-13-21)28(27(23)24)29-32-34-35-36(29)3/h6-8,10-17,20,33H,4-5,9,18-19H2,1-3H3,(H,38,39). The van der Waals surface area contributed by atoms with Crippen LogP contribution in [0.15, 0.2) is 66.7 Å². The third-order valence-electron chi connectivity index (χ3n) is 7.13. The van der Waals surface area contributed by atoms with Crippen LogP contribution in [0.2, 0.25) is 0 Å². The molecule has 40 heavy (non-hydrogen) atoms. The Hall–Kier alpha value is -4.57. The molecule has 206 valence electrons. The summed E-state index contributed by atoms with van der Waals surface area (Å²) in [7, 11) is 1.83. The van der Waals surface area contributed by atoms with Gasteiger partial charge in [0.2, 0.25) is 0 Å². The van der Waals surface area contributed by atoms with Crippen molar-refractivity contribution < 1.29 is 14.7 Å². The molecular formula is C30H33N7O3. The molecule has 2 aromatic carbocycles. The van der Waals surface area contributed by atoms with Crippen LogP contribution in [0, 0.1) is 0 Å². The fourth-order valence-corrected chi connectivity index (χ4v) is 5.20. The molecule has 0 spiro atoms. The van der Waals surface area contributed by atoms with E-state index in [0.29, 0.717) is 23.9 Å². The van der Waals surface area contributed by atoms with E-state index in [1.165, 1.54) is 4.90 Å². The van der Waals surface area contributed by atoms with Crippen LogP contribution in [-0.2, 0) is 18.5 Å². The number of carboxylic acid groups (broad SMARTS) is 1. The van der Waals surface area contributed by atoms with Crippen LogP contribution in [0.4, 0.5) is 16.3 Å². The van der Waals surface area contributed by atoms with Gasteiger partial charge in [0, 0.05) is 30.6 Å². The number of fused-ring (bicyclic) bond motifs is 1. The second kappa shape index (κ2) is 12.1. The largest absolute Gasteiger partial charge is 0.465 e. The number of hydrogen-bond donors (Lipinski definition) is 2. The highest BCUT2D eigenvalue weighted by atomic mass is 16.6. The minimum atomic E-state index is -1.01. The summed E-state index contributed by atoms with van der Waals surface area (Å²) in [5, 5.41) is 22.1. The first-order valence-electron chi connectivity index (χ1n) is 13.5. The Balaban J connectivity index is 1.41. The number of allylic oxidation sites excluding steroid dienone is 1.